The number of rotatable bonds is 5. The van der Waals surface area contributed by atoms with E-state index in [1.165, 1.54) is 19.1 Å². The summed E-state index contributed by atoms with van der Waals surface area (Å²) in [5.74, 6) is -1.47. The molecule has 0 aromatic heterocycles. The second-order valence-corrected chi connectivity index (χ2v) is 5.23. The van der Waals surface area contributed by atoms with Gasteiger partial charge in [-0.05, 0) is 38.5 Å². The largest absolute Gasteiger partial charge is 0.465 e. The highest BCUT2D eigenvalue weighted by Gasteiger charge is 2.46. The zero-order valence-electron chi connectivity index (χ0n) is 12.0. The Labute approximate surface area is 133 Å². The first-order valence-corrected chi connectivity index (χ1v) is 7.14. The predicted molar refractivity (Wildman–Crippen MR) is 81.5 cm³/mol. The van der Waals surface area contributed by atoms with Crippen LogP contribution in [0.25, 0.3) is 0 Å². The Morgan fingerprint density at radius 2 is 1.48 bits per heavy atom. The summed E-state index contributed by atoms with van der Waals surface area (Å²) in [4.78, 5) is 24.5. The van der Waals surface area contributed by atoms with Gasteiger partial charge >= 0.3 is 11.9 Å². The molecule has 0 unspecified atom stereocenters. The van der Waals surface area contributed by atoms with Gasteiger partial charge in [-0.1, -0.05) is 23.2 Å². The van der Waals surface area contributed by atoms with E-state index >= 15 is 0 Å². The molecule has 0 heterocycles. The van der Waals surface area contributed by atoms with Crippen molar-refractivity contribution in [2.75, 3.05) is 18.9 Å². The molecule has 21 heavy (non-hydrogen) atoms. The number of carbonyl (C=O) groups excluding carboxylic acids is 2. The Balaban J connectivity index is 3.43. The van der Waals surface area contributed by atoms with Gasteiger partial charge in [-0.3, -0.25) is 9.59 Å². The minimum Gasteiger partial charge on any atom is -0.465 e. The number of nitrogens with two attached hydrogens (primary N) is 1. The van der Waals surface area contributed by atoms with Crippen LogP contribution in [0.5, 0.6) is 0 Å². The smallest absolute Gasteiger partial charge is 0.327 e. The Kier molecular flexibility index (Phi) is 5.87. The lowest BCUT2D eigenvalue weighted by molar-refractivity contribution is -0.163. The lowest BCUT2D eigenvalue weighted by Gasteiger charge is -2.26. The van der Waals surface area contributed by atoms with Crippen LogP contribution in [-0.4, -0.2) is 25.2 Å². The molecule has 0 radical (unpaired) electrons. The highest BCUT2D eigenvalue weighted by atomic mass is 35.5. The third-order valence-corrected chi connectivity index (χ3v) is 3.65. The summed E-state index contributed by atoms with van der Waals surface area (Å²) in [6.45, 7) is 4.95. The van der Waals surface area contributed by atoms with Crippen molar-refractivity contribution in [2.45, 2.75) is 26.2 Å². The SMILES string of the molecule is CCOC(=O)C(C)(C(=O)OCC)c1cc(Cl)c(N)c(Cl)c1. The molecule has 1 aromatic carbocycles. The Hall–Kier alpha value is -1.46. The molecule has 0 aliphatic rings. The molecule has 0 saturated carbocycles. The number of carbonyl (C=O) groups is 2. The van der Waals surface area contributed by atoms with Crippen molar-refractivity contribution < 1.29 is 19.1 Å². The molecular formula is C14H17Cl2NO4. The molecular weight excluding hydrogens is 317 g/mol. The summed E-state index contributed by atoms with van der Waals surface area (Å²) in [7, 11) is 0. The monoisotopic (exact) mass is 333 g/mol. The first-order valence-electron chi connectivity index (χ1n) is 6.38. The Morgan fingerprint density at radius 1 is 1.10 bits per heavy atom. The number of halogens is 2. The van der Waals surface area contributed by atoms with E-state index in [1.54, 1.807) is 13.8 Å². The molecule has 0 aliphatic heterocycles. The molecule has 0 spiro atoms. The van der Waals surface area contributed by atoms with Gasteiger partial charge in [0.1, 0.15) is 0 Å². The molecule has 1 aromatic rings. The molecule has 0 amide bonds. The summed E-state index contributed by atoms with van der Waals surface area (Å²) >= 11 is 11.9. The summed E-state index contributed by atoms with van der Waals surface area (Å²) in [6.07, 6.45) is 0. The fourth-order valence-electron chi connectivity index (χ4n) is 1.74. The van der Waals surface area contributed by atoms with E-state index in [2.05, 4.69) is 0 Å². The number of hydrogen-bond donors (Lipinski definition) is 1. The van der Waals surface area contributed by atoms with Crippen LogP contribution in [0.3, 0.4) is 0 Å². The molecule has 2 N–H and O–H groups in total. The molecule has 0 aliphatic carbocycles. The van der Waals surface area contributed by atoms with E-state index < -0.39 is 17.4 Å². The van der Waals surface area contributed by atoms with Gasteiger partial charge in [-0.15, -0.1) is 0 Å². The summed E-state index contributed by atoms with van der Waals surface area (Å²) in [5.41, 5.74) is 4.45. The molecule has 1 rings (SSSR count). The standard InChI is InChI=1S/C14H17Cl2NO4/c1-4-20-12(18)14(3,13(19)21-5-2)8-6-9(15)11(17)10(16)7-8/h6-7H,4-5,17H2,1-3H3. The van der Waals surface area contributed by atoms with Gasteiger partial charge < -0.3 is 15.2 Å². The zero-order valence-corrected chi connectivity index (χ0v) is 13.5. The topological polar surface area (TPSA) is 78.6 Å². The van der Waals surface area contributed by atoms with Crippen LogP contribution in [0.2, 0.25) is 10.0 Å². The number of hydrogen-bond acceptors (Lipinski definition) is 5. The minimum absolute atomic E-state index is 0.129. The van der Waals surface area contributed by atoms with E-state index in [-0.39, 0.29) is 34.5 Å². The van der Waals surface area contributed by atoms with E-state index in [0.29, 0.717) is 0 Å². The average Bonchev–Trinajstić information content (AvgIpc) is 2.43. The van der Waals surface area contributed by atoms with Crippen LogP contribution in [-0.2, 0) is 24.5 Å². The van der Waals surface area contributed by atoms with Crippen LogP contribution in [0, 0.1) is 0 Å². The second-order valence-electron chi connectivity index (χ2n) is 4.42. The summed E-state index contributed by atoms with van der Waals surface area (Å²) in [6, 6.07) is 2.83. The maximum Gasteiger partial charge on any atom is 0.327 e. The van der Waals surface area contributed by atoms with Crippen LogP contribution >= 0.6 is 23.2 Å². The van der Waals surface area contributed by atoms with Gasteiger partial charge in [0.2, 0.25) is 0 Å². The maximum absolute atomic E-state index is 12.2. The average molecular weight is 334 g/mol. The van der Waals surface area contributed by atoms with Crippen LogP contribution < -0.4 is 5.73 Å². The highest BCUT2D eigenvalue weighted by Crippen LogP contribution is 2.36. The Bertz CT molecular complexity index is 519. The summed E-state index contributed by atoms with van der Waals surface area (Å²) < 4.78 is 9.96. The molecule has 0 saturated heterocycles. The quantitative estimate of drug-likeness (QED) is 0.509. The van der Waals surface area contributed by atoms with Gasteiger partial charge in [-0.2, -0.15) is 0 Å². The fraction of sp³-hybridized carbons (Fsp3) is 0.429. The number of ether oxygens (including phenoxy) is 2. The lowest BCUT2D eigenvalue weighted by Crippen LogP contribution is -2.43. The predicted octanol–water partition coefficient (Wildman–Crippen LogP) is 2.96. The van der Waals surface area contributed by atoms with E-state index in [4.69, 9.17) is 38.4 Å². The van der Waals surface area contributed by atoms with E-state index in [0.717, 1.165) is 0 Å². The van der Waals surface area contributed by atoms with E-state index in [9.17, 15) is 9.59 Å². The van der Waals surface area contributed by atoms with Crippen molar-refractivity contribution in [3.63, 3.8) is 0 Å². The fourth-order valence-corrected chi connectivity index (χ4v) is 2.23. The first kappa shape index (κ1) is 17.6. The number of benzene rings is 1. The number of nitrogen functional groups attached to an aromatic ring is 1. The van der Waals surface area contributed by atoms with Crippen molar-refractivity contribution in [3.8, 4) is 0 Å². The van der Waals surface area contributed by atoms with Crippen molar-refractivity contribution >= 4 is 40.8 Å². The third-order valence-electron chi connectivity index (χ3n) is 3.02. The van der Waals surface area contributed by atoms with Crippen LogP contribution in [0.1, 0.15) is 26.3 Å². The van der Waals surface area contributed by atoms with Crippen LogP contribution in [0.4, 0.5) is 5.69 Å². The van der Waals surface area contributed by atoms with Gasteiger partial charge in [0.25, 0.3) is 0 Å². The highest BCUT2D eigenvalue weighted by molar-refractivity contribution is 6.39. The maximum atomic E-state index is 12.2. The first-order chi connectivity index (χ1) is 9.78. The molecule has 0 fully saturated rings. The third kappa shape index (κ3) is 3.41. The molecule has 0 bridgehead atoms. The van der Waals surface area contributed by atoms with Crippen molar-refractivity contribution in [2.24, 2.45) is 0 Å². The molecule has 7 heteroatoms. The van der Waals surface area contributed by atoms with Crippen LogP contribution in [0.15, 0.2) is 12.1 Å². The van der Waals surface area contributed by atoms with Gasteiger partial charge in [-0.25, -0.2) is 0 Å². The van der Waals surface area contributed by atoms with Crippen molar-refractivity contribution in [3.05, 3.63) is 27.7 Å². The molecule has 0 atom stereocenters. The normalized spacial score (nSPS) is 11.1. The second kappa shape index (κ2) is 7.00. The lowest BCUT2D eigenvalue weighted by atomic mass is 9.82. The van der Waals surface area contributed by atoms with Gasteiger partial charge in [0.05, 0.1) is 28.9 Å². The number of anilines is 1. The van der Waals surface area contributed by atoms with Gasteiger partial charge in [0, 0.05) is 0 Å². The van der Waals surface area contributed by atoms with Crippen molar-refractivity contribution in [1.29, 1.82) is 0 Å². The molecule has 116 valence electrons. The Morgan fingerprint density at radius 3 is 1.81 bits per heavy atom. The molecule has 5 nitrogen and oxygen atoms in total. The van der Waals surface area contributed by atoms with E-state index in [1.807, 2.05) is 0 Å². The minimum atomic E-state index is -1.66. The zero-order chi connectivity index (χ0) is 16.2. The summed E-state index contributed by atoms with van der Waals surface area (Å²) in [5, 5.41) is 0.301. The van der Waals surface area contributed by atoms with Crippen molar-refractivity contribution in [1.82, 2.24) is 0 Å². The van der Waals surface area contributed by atoms with Gasteiger partial charge in [0.15, 0.2) is 5.41 Å². The number of esters is 2.